The molecule has 0 saturated heterocycles. The van der Waals surface area contributed by atoms with Gasteiger partial charge in [0.2, 0.25) is 0 Å². The van der Waals surface area contributed by atoms with Gasteiger partial charge in [0.1, 0.15) is 16.5 Å². The summed E-state index contributed by atoms with van der Waals surface area (Å²) in [6.07, 6.45) is 0. The maximum absolute atomic E-state index is 8.91. The highest BCUT2D eigenvalue weighted by atomic mass is 32.1. The van der Waals surface area contributed by atoms with Crippen LogP contribution in [0.3, 0.4) is 0 Å². The zero-order chi connectivity index (χ0) is 12.8. The molecule has 0 fully saturated rings. The third-order valence-corrected chi connectivity index (χ3v) is 2.48. The Kier molecular flexibility index (Phi) is 5.18. The number of hydrogen-bond acceptors (Lipinski definition) is 4. The minimum Gasteiger partial charge on any atom is -0.497 e. The Hall–Kier alpha value is -1.33. The van der Waals surface area contributed by atoms with E-state index in [4.69, 9.17) is 32.5 Å². The van der Waals surface area contributed by atoms with Gasteiger partial charge in [-0.15, -0.1) is 0 Å². The SMILES string of the molecule is COc1cc(OCC(C)CO)cc(C(N)=S)c1. The van der Waals surface area contributed by atoms with E-state index >= 15 is 0 Å². The molecule has 0 bridgehead atoms. The van der Waals surface area contributed by atoms with Crippen LogP contribution in [-0.2, 0) is 0 Å². The lowest BCUT2D eigenvalue weighted by Crippen LogP contribution is -2.13. The molecule has 1 unspecified atom stereocenters. The summed E-state index contributed by atoms with van der Waals surface area (Å²) in [6.45, 7) is 2.42. The lowest BCUT2D eigenvalue weighted by Gasteiger charge is -2.12. The molecular formula is C12H17NO3S. The van der Waals surface area contributed by atoms with Crippen LogP contribution in [-0.4, -0.2) is 30.4 Å². The molecule has 5 heteroatoms. The number of aliphatic hydroxyl groups excluding tert-OH is 1. The zero-order valence-corrected chi connectivity index (χ0v) is 10.8. The summed E-state index contributed by atoms with van der Waals surface area (Å²) in [5, 5.41) is 8.91. The van der Waals surface area contributed by atoms with Crippen molar-refractivity contribution in [2.75, 3.05) is 20.3 Å². The van der Waals surface area contributed by atoms with Gasteiger partial charge in [-0.05, 0) is 12.1 Å². The quantitative estimate of drug-likeness (QED) is 0.751. The topological polar surface area (TPSA) is 64.7 Å². The van der Waals surface area contributed by atoms with Crippen LogP contribution in [0.5, 0.6) is 11.5 Å². The van der Waals surface area contributed by atoms with Crippen molar-refractivity contribution < 1.29 is 14.6 Å². The normalized spacial score (nSPS) is 11.9. The van der Waals surface area contributed by atoms with Gasteiger partial charge in [0.05, 0.1) is 13.7 Å². The van der Waals surface area contributed by atoms with E-state index in [-0.39, 0.29) is 12.5 Å². The van der Waals surface area contributed by atoms with Gasteiger partial charge in [0.25, 0.3) is 0 Å². The maximum Gasteiger partial charge on any atom is 0.123 e. The Balaban J connectivity index is 2.83. The molecule has 1 atom stereocenters. The first-order valence-electron chi connectivity index (χ1n) is 5.29. The van der Waals surface area contributed by atoms with Crippen LogP contribution in [0.25, 0.3) is 0 Å². The zero-order valence-electron chi connectivity index (χ0n) is 9.97. The van der Waals surface area contributed by atoms with Crippen LogP contribution < -0.4 is 15.2 Å². The number of aliphatic hydroxyl groups is 1. The highest BCUT2D eigenvalue weighted by Crippen LogP contribution is 2.23. The number of rotatable bonds is 6. The molecule has 4 nitrogen and oxygen atoms in total. The van der Waals surface area contributed by atoms with Crippen LogP contribution >= 0.6 is 12.2 Å². The van der Waals surface area contributed by atoms with E-state index in [2.05, 4.69) is 0 Å². The van der Waals surface area contributed by atoms with Crippen molar-refractivity contribution in [2.24, 2.45) is 11.7 Å². The fraction of sp³-hybridized carbons (Fsp3) is 0.417. The summed E-state index contributed by atoms with van der Waals surface area (Å²) in [5.74, 6) is 1.35. The minimum atomic E-state index is 0.0782. The Bertz CT molecular complexity index is 395. The molecule has 1 aromatic carbocycles. The molecule has 0 saturated carbocycles. The van der Waals surface area contributed by atoms with Crippen molar-refractivity contribution in [1.82, 2.24) is 0 Å². The smallest absolute Gasteiger partial charge is 0.123 e. The average molecular weight is 255 g/mol. The van der Waals surface area contributed by atoms with Crippen LogP contribution in [0.2, 0.25) is 0 Å². The fourth-order valence-electron chi connectivity index (χ4n) is 1.21. The number of methoxy groups -OCH3 is 1. The van der Waals surface area contributed by atoms with Crippen molar-refractivity contribution in [3.8, 4) is 11.5 Å². The Morgan fingerprint density at radius 1 is 1.41 bits per heavy atom. The molecule has 3 N–H and O–H groups in total. The molecule has 1 rings (SSSR count). The fourth-order valence-corrected chi connectivity index (χ4v) is 1.32. The number of benzene rings is 1. The van der Waals surface area contributed by atoms with E-state index in [0.717, 1.165) is 0 Å². The molecule has 94 valence electrons. The van der Waals surface area contributed by atoms with Gasteiger partial charge in [-0.1, -0.05) is 19.1 Å². The van der Waals surface area contributed by atoms with Gasteiger partial charge < -0.3 is 20.3 Å². The van der Waals surface area contributed by atoms with E-state index in [1.54, 1.807) is 25.3 Å². The number of ether oxygens (including phenoxy) is 2. The van der Waals surface area contributed by atoms with E-state index in [9.17, 15) is 0 Å². The number of hydrogen-bond donors (Lipinski definition) is 2. The van der Waals surface area contributed by atoms with Gasteiger partial charge >= 0.3 is 0 Å². The van der Waals surface area contributed by atoms with Gasteiger partial charge in [-0.3, -0.25) is 0 Å². The molecule has 0 aromatic heterocycles. The third kappa shape index (κ3) is 4.20. The first-order valence-corrected chi connectivity index (χ1v) is 5.70. The van der Waals surface area contributed by atoms with Crippen LogP contribution in [0.1, 0.15) is 12.5 Å². The molecule has 0 aliphatic rings. The lowest BCUT2D eigenvalue weighted by atomic mass is 10.2. The van der Waals surface area contributed by atoms with Crippen LogP contribution in [0.15, 0.2) is 18.2 Å². The Labute approximate surface area is 106 Å². The van der Waals surface area contributed by atoms with Gasteiger partial charge in [0.15, 0.2) is 0 Å². The van der Waals surface area contributed by atoms with Crippen molar-refractivity contribution in [3.05, 3.63) is 23.8 Å². The van der Waals surface area contributed by atoms with Crippen LogP contribution in [0, 0.1) is 5.92 Å². The molecular weight excluding hydrogens is 238 g/mol. The molecule has 0 heterocycles. The van der Waals surface area contributed by atoms with Gasteiger partial charge in [0, 0.05) is 24.2 Å². The first kappa shape index (κ1) is 13.7. The largest absolute Gasteiger partial charge is 0.497 e. The molecule has 0 aliphatic carbocycles. The van der Waals surface area contributed by atoms with Crippen molar-refractivity contribution >= 4 is 17.2 Å². The second kappa shape index (κ2) is 6.42. The number of thiocarbonyl (C=S) groups is 1. The minimum absolute atomic E-state index is 0.0782. The molecule has 0 amide bonds. The summed E-state index contributed by atoms with van der Waals surface area (Å²) < 4.78 is 10.7. The molecule has 0 aliphatic heterocycles. The van der Waals surface area contributed by atoms with Crippen molar-refractivity contribution in [3.63, 3.8) is 0 Å². The maximum atomic E-state index is 8.91. The summed E-state index contributed by atoms with van der Waals surface area (Å²) in [7, 11) is 1.57. The Morgan fingerprint density at radius 2 is 2.06 bits per heavy atom. The molecule has 0 spiro atoms. The summed E-state index contributed by atoms with van der Waals surface area (Å²) in [5.41, 5.74) is 6.27. The second-order valence-corrected chi connectivity index (χ2v) is 4.30. The predicted molar refractivity (Wildman–Crippen MR) is 70.6 cm³/mol. The predicted octanol–water partition coefficient (Wildman–Crippen LogP) is 1.34. The van der Waals surface area contributed by atoms with Gasteiger partial charge in [-0.2, -0.15) is 0 Å². The highest BCUT2D eigenvalue weighted by molar-refractivity contribution is 7.80. The Morgan fingerprint density at radius 3 is 2.59 bits per heavy atom. The first-order chi connectivity index (χ1) is 8.06. The van der Waals surface area contributed by atoms with Crippen LogP contribution in [0.4, 0.5) is 0 Å². The summed E-state index contributed by atoms with van der Waals surface area (Å²) in [4.78, 5) is 0.295. The van der Waals surface area contributed by atoms with Gasteiger partial charge in [-0.25, -0.2) is 0 Å². The lowest BCUT2D eigenvalue weighted by molar-refractivity contribution is 0.174. The molecule has 17 heavy (non-hydrogen) atoms. The van der Waals surface area contributed by atoms with Crippen molar-refractivity contribution in [2.45, 2.75) is 6.92 Å². The molecule has 0 radical (unpaired) electrons. The summed E-state index contributed by atoms with van der Waals surface area (Å²) in [6, 6.07) is 5.27. The summed E-state index contributed by atoms with van der Waals surface area (Å²) >= 11 is 4.91. The van der Waals surface area contributed by atoms with E-state index in [1.807, 2.05) is 6.92 Å². The number of nitrogens with two attached hydrogens (primary N) is 1. The van der Waals surface area contributed by atoms with Crippen molar-refractivity contribution in [1.29, 1.82) is 0 Å². The van der Waals surface area contributed by atoms with E-state index in [0.29, 0.717) is 28.7 Å². The monoisotopic (exact) mass is 255 g/mol. The highest BCUT2D eigenvalue weighted by Gasteiger charge is 2.06. The third-order valence-electron chi connectivity index (χ3n) is 2.25. The standard InChI is InChI=1S/C12H17NO3S/c1-8(6-14)7-16-11-4-9(12(13)17)3-10(5-11)15-2/h3-5,8,14H,6-7H2,1-2H3,(H2,13,17). The van der Waals surface area contributed by atoms with E-state index < -0.39 is 0 Å². The average Bonchev–Trinajstić information content (AvgIpc) is 2.35. The van der Waals surface area contributed by atoms with E-state index in [1.165, 1.54) is 0 Å². The molecule has 1 aromatic rings. The second-order valence-electron chi connectivity index (χ2n) is 3.86.